The molecule has 0 aliphatic carbocycles. The summed E-state index contributed by atoms with van der Waals surface area (Å²) in [6.07, 6.45) is 0. The molecule has 0 aromatic heterocycles. The Morgan fingerprint density at radius 2 is 0.767 bits per heavy atom. The van der Waals surface area contributed by atoms with Crippen molar-refractivity contribution in [1.29, 1.82) is 0 Å². The molecule has 182 valence electrons. The summed E-state index contributed by atoms with van der Waals surface area (Å²) in [6, 6.07) is 0. The molecule has 1 unspecified atom stereocenters. The molecule has 0 saturated heterocycles. The zero-order valence-corrected chi connectivity index (χ0v) is 19.1. The van der Waals surface area contributed by atoms with Gasteiger partial charge in [0.1, 0.15) is 5.44 Å². The van der Waals surface area contributed by atoms with Crippen LogP contribution in [0.15, 0.2) is 0 Å². The van der Waals surface area contributed by atoms with Crippen LogP contribution in [0.4, 0.5) is 0 Å². The molecule has 0 heterocycles. The number of methoxy groups -OCH3 is 1. The Labute approximate surface area is 185 Å². The monoisotopic (exact) mass is 460 g/mol. The molecule has 10 nitrogen and oxygen atoms in total. The van der Waals surface area contributed by atoms with E-state index < -0.39 is 0 Å². The van der Waals surface area contributed by atoms with E-state index >= 15 is 0 Å². The number of aliphatic hydroxyl groups excluding tert-OH is 1. The molecular formula is C19H40O10S. The molecule has 1 N–H and O–H groups in total. The normalized spacial score (nSPS) is 12.5. The van der Waals surface area contributed by atoms with Gasteiger partial charge in [-0.1, -0.05) is 0 Å². The van der Waals surface area contributed by atoms with Gasteiger partial charge in [0.2, 0.25) is 0 Å². The summed E-state index contributed by atoms with van der Waals surface area (Å²) < 4.78 is 47.6. The summed E-state index contributed by atoms with van der Waals surface area (Å²) in [5, 5.41) is 8.53. The summed E-state index contributed by atoms with van der Waals surface area (Å²) in [5.74, 6) is 0. The molecule has 11 heteroatoms. The molecule has 0 saturated carbocycles. The second-order valence-corrected chi connectivity index (χ2v) is 6.35. The molecule has 30 heavy (non-hydrogen) atoms. The van der Waals surface area contributed by atoms with Crippen LogP contribution in [-0.2, 0) is 42.6 Å². The molecule has 0 amide bonds. The molecule has 0 aromatic rings. The van der Waals surface area contributed by atoms with Gasteiger partial charge in [-0.2, -0.15) is 0 Å². The number of hydrogen-bond acceptors (Lipinski definition) is 11. The van der Waals surface area contributed by atoms with Crippen LogP contribution < -0.4 is 0 Å². The number of aliphatic hydroxyl groups is 1. The van der Waals surface area contributed by atoms with Gasteiger partial charge >= 0.3 is 0 Å². The summed E-state index contributed by atoms with van der Waals surface area (Å²) in [6.45, 7) is 7.94. The minimum Gasteiger partial charge on any atom is -0.394 e. The first kappa shape index (κ1) is 29.9. The van der Waals surface area contributed by atoms with E-state index in [0.29, 0.717) is 106 Å². The summed E-state index contributed by atoms with van der Waals surface area (Å²) in [5.41, 5.74) is -0.202. The average Bonchev–Trinajstić information content (AvgIpc) is 2.76. The van der Waals surface area contributed by atoms with Crippen molar-refractivity contribution in [3.63, 3.8) is 0 Å². The predicted octanol–water partition coefficient (Wildman–Crippen LogP) is 0.0138. The number of ether oxygens (including phenoxy) is 9. The summed E-state index contributed by atoms with van der Waals surface area (Å²) in [4.78, 5) is 0. The maximum Gasteiger partial charge on any atom is 0.123 e. The predicted molar refractivity (Wildman–Crippen MR) is 113 cm³/mol. The molecule has 0 radical (unpaired) electrons. The highest BCUT2D eigenvalue weighted by Gasteiger charge is 1.99. The Morgan fingerprint density at radius 1 is 0.500 bits per heavy atom. The Hall–Kier alpha value is -0.0500. The van der Waals surface area contributed by atoms with E-state index in [1.54, 1.807) is 7.11 Å². The van der Waals surface area contributed by atoms with Gasteiger partial charge in [-0.15, -0.1) is 12.6 Å². The van der Waals surface area contributed by atoms with E-state index in [0.717, 1.165) is 0 Å². The topological polar surface area (TPSA) is 103 Å². The van der Waals surface area contributed by atoms with Crippen molar-refractivity contribution >= 4 is 12.6 Å². The Kier molecular flexibility index (Phi) is 26.9. The molecule has 0 aliphatic rings. The third-order valence-electron chi connectivity index (χ3n) is 3.37. The fraction of sp³-hybridized carbons (Fsp3) is 1.00. The molecule has 0 spiro atoms. The van der Waals surface area contributed by atoms with Crippen molar-refractivity contribution in [2.75, 3.05) is 119 Å². The van der Waals surface area contributed by atoms with E-state index in [2.05, 4.69) is 12.6 Å². The first-order valence-electron chi connectivity index (χ1n) is 10.2. The Bertz CT molecular complexity index is 315. The molecular weight excluding hydrogens is 420 g/mol. The van der Waals surface area contributed by atoms with Crippen LogP contribution in [0.3, 0.4) is 0 Å². The van der Waals surface area contributed by atoms with E-state index in [1.807, 2.05) is 0 Å². The van der Waals surface area contributed by atoms with Crippen LogP contribution in [0.1, 0.15) is 0 Å². The van der Waals surface area contributed by atoms with Gasteiger partial charge in [0.15, 0.2) is 0 Å². The maximum atomic E-state index is 8.53. The lowest BCUT2D eigenvalue weighted by Gasteiger charge is -2.10. The average molecular weight is 461 g/mol. The number of rotatable bonds is 26. The second-order valence-electron chi connectivity index (χ2n) is 5.78. The van der Waals surface area contributed by atoms with Crippen LogP contribution in [-0.4, -0.2) is 130 Å². The third-order valence-corrected chi connectivity index (χ3v) is 3.73. The SMILES string of the molecule is COC(S)COCCOCCOCCOCCOCCOCCOCCOCCO. The van der Waals surface area contributed by atoms with Gasteiger partial charge in [0, 0.05) is 7.11 Å². The smallest absolute Gasteiger partial charge is 0.123 e. The largest absolute Gasteiger partial charge is 0.394 e. The minimum absolute atomic E-state index is 0.0301. The highest BCUT2D eigenvalue weighted by atomic mass is 32.1. The lowest BCUT2D eigenvalue weighted by molar-refractivity contribution is -0.0255. The van der Waals surface area contributed by atoms with Gasteiger partial charge < -0.3 is 47.7 Å². The zero-order chi connectivity index (χ0) is 22.0. The van der Waals surface area contributed by atoms with Crippen molar-refractivity contribution in [2.24, 2.45) is 0 Å². The molecule has 0 fully saturated rings. The summed E-state index contributed by atoms with van der Waals surface area (Å²) in [7, 11) is 1.59. The number of thiol groups is 1. The Balaban J connectivity index is 3.00. The van der Waals surface area contributed by atoms with Crippen molar-refractivity contribution in [3.05, 3.63) is 0 Å². The van der Waals surface area contributed by atoms with Crippen molar-refractivity contribution in [1.82, 2.24) is 0 Å². The Morgan fingerprint density at radius 3 is 1.03 bits per heavy atom. The van der Waals surface area contributed by atoms with E-state index in [-0.39, 0.29) is 12.0 Å². The van der Waals surface area contributed by atoms with E-state index in [9.17, 15) is 0 Å². The van der Waals surface area contributed by atoms with Crippen LogP contribution in [0, 0.1) is 0 Å². The molecule has 0 rings (SSSR count). The van der Waals surface area contributed by atoms with Gasteiger partial charge in [-0.25, -0.2) is 0 Å². The molecule has 0 aliphatic heterocycles. The van der Waals surface area contributed by atoms with Crippen molar-refractivity contribution in [3.8, 4) is 0 Å². The third kappa shape index (κ3) is 26.0. The lowest BCUT2D eigenvalue weighted by atomic mass is 10.6. The highest BCUT2D eigenvalue weighted by molar-refractivity contribution is 7.80. The maximum absolute atomic E-state index is 8.53. The second kappa shape index (κ2) is 27.0. The molecule has 0 bridgehead atoms. The quantitative estimate of drug-likeness (QED) is 0.104. The van der Waals surface area contributed by atoms with Gasteiger partial charge in [-0.3, -0.25) is 0 Å². The minimum atomic E-state index is -0.202. The van der Waals surface area contributed by atoms with E-state index in [4.69, 9.17) is 47.7 Å². The standard InChI is InChI=1S/C19H40O10S/c1-21-19(30)18-29-17-16-28-15-14-27-13-12-26-11-10-25-9-8-24-7-6-23-5-4-22-3-2-20/h19-20,30H,2-18H2,1H3. The van der Waals surface area contributed by atoms with Crippen molar-refractivity contribution < 1.29 is 47.7 Å². The van der Waals surface area contributed by atoms with Crippen LogP contribution in [0.2, 0.25) is 0 Å². The fourth-order valence-electron chi connectivity index (χ4n) is 1.86. The van der Waals surface area contributed by atoms with Crippen molar-refractivity contribution in [2.45, 2.75) is 5.44 Å². The van der Waals surface area contributed by atoms with Gasteiger partial charge in [-0.05, 0) is 0 Å². The van der Waals surface area contributed by atoms with Crippen LogP contribution in [0.5, 0.6) is 0 Å². The zero-order valence-electron chi connectivity index (χ0n) is 18.2. The van der Waals surface area contributed by atoms with Gasteiger partial charge in [0.05, 0.1) is 112 Å². The van der Waals surface area contributed by atoms with Crippen LogP contribution >= 0.6 is 12.6 Å². The molecule has 1 atom stereocenters. The lowest BCUT2D eigenvalue weighted by Crippen LogP contribution is -2.16. The number of hydrogen-bond donors (Lipinski definition) is 2. The highest BCUT2D eigenvalue weighted by Crippen LogP contribution is 1.95. The van der Waals surface area contributed by atoms with E-state index in [1.165, 1.54) is 0 Å². The molecule has 0 aromatic carbocycles. The first-order valence-corrected chi connectivity index (χ1v) is 10.8. The van der Waals surface area contributed by atoms with Gasteiger partial charge in [0.25, 0.3) is 0 Å². The first-order chi connectivity index (χ1) is 14.8. The fourth-order valence-corrected chi connectivity index (χ4v) is 1.96. The summed E-state index contributed by atoms with van der Waals surface area (Å²) >= 11 is 4.14. The van der Waals surface area contributed by atoms with Crippen LogP contribution in [0.25, 0.3) is 0 Å².